The van der Waals surface area contributed by atoms with E-state index < -0.39 is 0 Å². The molecule has 1 heterocycles. The van der Waals surface area contributed by atoms with E-state index in [2.05, 4.69) is 41.5 Å². The lowest BCUT2D eigenvalue weighted by Crippen LogP contribution is -2.31. The van der Waals surface area contributed by atoms with Crippen molar-refractivity contribution in [2.45, 2.75) is 38.6 Å². The Morgan fingerprint density at radius 2 is 2.21 bits per heavy atom. The monoisotopic (exact) mass is 254 g/mol. The fraction of sp³-hybridized carbons (Fsp3) is 0.471. The van der Waals surface area contributed by atoms with Crippen LogP contribution in [0.1, 0.15) is 31.7 Å². The molecule has 2 aromatic rings. The van der Waals surface area contributed by atoms with Crippen LogP contribution in [0, 0.1) is 5.92 Å². The van der Waals surface area contributed by atoms with Crippen molar-refractivity contribution in [2.75, 3.05) is 6.54 Å². The number of hydrogen-bond acceptors (Lipinski definition) is 2. The van der Waals surface area contributed by atoms with Gasteiger partial charge < -0.3 is 5.32 Å². The number of nitrogens with zero attached hydrogens (tertiary/aromatic N) is 1. The first-order valence-electron chi connectivity index (χ1n) is 7.43. The lowest BCUT2D eigenvalue weighted by atomic mass is 9.98. The van der Waals surface area contributed by atoms with Gasteiger partial charge >= 0.3 is 0 Å². The summed E-state index contributed by atoms with van der Waals surface area (Å²) in [4.78, 5) is 4.27. The predicted octanol–water partition coefficient (Wildman–Crippen LogP) is 3.56. The zero-order valence-corrected chi connectivity index (χ0v) is 11.6. The van der Waals surface area contributed by atoms with Crippen LogP contribution in [-0.4, -0.2) is 17.6 Å². The average Bonchev–Trinajstić information content (AvgIpc) is 3.28. The van der Waals surface area contributed by atoms with Gasteiger partial charge in [0, 0.05) is 23.8 Å². The Kier molecular flexibility index (Phi) is 3.79. The van der Waals surface area contributed by atoms with Crippen molar-refractivity contribution >= 4 is 10.8 Å². The summed E-state index contributed by atoms with van der Waals surface area (Å²) in [5, 5.41) is 6.27. The standard InChI is InChI=1S/C17H22N2/c1-2-19-17(15-6-7-15)9-8-13-4-3-5-14-10-11-18-12-16(13)14/h3-5,10-12,15,17,19H,2,6-9H2,1H3. The SMILES string of the molecule is CCNC(CCc1cccc2ccncc12)C1CC1. The van der Waals surface area contributed by atoms with E-state index in [9.17, 15) is 0 Å². The molecule has 1 aliphatic carbocycles. The van der Waals surface area contributed by atoms with Crippen molar-refractivity contribution in [2.24, 2.45) is 5.92 Å². The van der Waals surface area contributed by atoms with Gasteiger partial charge in [0.1, 0.15) is 0 Å². The molecule has 1 unspecified atom stereocenters. The molecule has 1 N–H and O–H groups in total. The summed E-state index contributed by atoms with van der Waals surface area (Å²) in [6, 6.07) is 9.39. The second-order valence-electron chi connectivity index (χ2n) is 5.55. The molecule has 1 fully saturated rings. The highest BCUT2D eigenvalue weighted by Gasteiger charge is 2.30. The molecule has 1 saturated carbocycles. The quantitative estimate of drug-likeness (QED) is 0.852. The molecule has 0 bridgehead atoms. The number of aryl methyl sites for hydroxylation is 1. The zero-order valence-electron chi connectivity index (χ0n) is 11.6. The van der Waals surface area contributed by atoms with Crippen molar-refractivity contribution in [3.05, 3.63) is 42.2 Å². The minimum atomic E-state index is 0.705. The minimum Gasteiger partial charge on any atom is -0.314 e. The molecule has 0 saturated heterocycles. The summed E-state index contributed by atoms with van der Waals surface area (Å²) < 4.78 is 0. The van der Waals surface area contributed by atoms with Gasteiger partial charge in [0.25, 0.3) is 0 Å². The Morgan fingerprint density at radius 1 is 1.32 bits per heavy atom. The van der Waals surface area contributed by atoms with E-state index in [-0.39, 0.29) is 0 Å². The molecule has 1 aliphatic rings. The fourth-order valence-corrected chi connectivity index (χ4v) is 2.97. The van der Waals surface area contributed by atoms with Crippen LogP contribution in [-0.2, 0) is 6.42 Å². The van der Waals surface area contributed by atoms with Gasteiger partial charge in [-0.25, -0.2) is 0 Å². The van der Waals surface area contributed by atoms with Crippen LogP contribution >= 0.6 is 0 Å². The highest BCUT2D eigenvalue weighted by Crippen LogP contribution is 2.34. The van der Waals surface area contributed by atoms with E-state index in [1.807, 2.05) is 12.4 Å². The molecular formula is C17H22N2. The first kappa shape index (κ1) is 12.6. The molecule has 0 radical (unpaired) electrons. The van der Waals surface area contributed by atoms with E-state index in [4.69, 9.17) is 0 Å². The zero-order chi connectivity index (χ0) is 13.1. The Balaban J connectivity index is 1.74. The molecule has 0 spiro atoms. The molecule has 100 valence electrons. The van der Waals surface area contributed by atoms with Crippen LogP contribution in [0.2, 0.25) is 0 Å². The van der Waals surface area contributed by atoms with Crippen molar-refractivity contribution in [1.29, 1.82) is 0 Å². The summed E-state index contributed by atoms with van der Waals surface area (Å²) in [5.41, 5.74) is 1.44. The Hall–Kier alpha value is -1.41. The highest BCUT2D eigenvalue weighted by atomic mass is 14.9. The summed E-state index contributed by atoms with van der Waals surface area (Å²) in [7, 11) is 0. The lowest BCUT2D eigenvalue weighted by molar-refractivity contribution is 0.447. The summed E-state index contributed by atoms with van der Waals surface area (Å²) in [5.74, 6) is 0.924. The normalized spacial score (nSPS) is 16.7. The fourth-order valence-electron chi connectivity index (χ4n) is 2.97. The van der Waals surface area contributed by atoms with Crippen LogP contribution in [0.25, 0.3) is 10.8 Å². The summed E-state index contributed by atoms with van der Waals surface area (Å²) >= 11 is 0. The van der Waals surface area contributed by atoms with Crippen LogP contribution in [0.4, 0.5) is 0 Å². The predicted molar refractivity (Wildman–Crippen MR) is 80.3 cm³/mol. The molecular weight excluding hydrogens is 232 g/mol. The molecule has 0 amide bonds. The van der Waals surface area contributed by atoms with Gasteiger partial charge in [-0.1, -0.05) is 25.1 Å². The van der Waals surface area contributed by atoms with Gasteiger partial charge in [-0.05, 0) is 55.2 Å². The van der Waals surface area contributed by atoms with Crippen LogP contribution < -0.4 is 5.32 Å². The van der Waals surface area contributed by atoms with Crippen molar-refractivity contribution in [1.82, 2.24) is 10.3 Å². The number of rotatable bonds is 6. The largest absolute Gasteiger partial charge is 0.314 e. The van der Waals surface area contributed by atoms with Crippen LogP contribution in [0.5, 0.6) is 0 Å². The van der Waals surface area contributed by atoms with Crippen molar-refractivity contribution in [3.8, 4) is 0 Å². The third-order valence-corrected chi connectivity index (χ3v) is 4.16. The Bertz CT molecular complexity index is 540. The number of hydrogen-bond donors (Lipinski definition) is 1. The molecule has 1 atom stereocenters. The molecule has 19 heavy (non-hydrogen) atoms. The second kappa shape index (κ2) is 5.70. The van der Waals surface area contributed by atoms with E-state index in [0.717, 1.165) is 18.9 Å². The molecule has 1 aromatic carbocycles. The topological polar surface area (TPSA) is 24.9 Å². The first-order valence-corrected chi connectivity index (χ1v) is 7.43. The van der Waals surface area contributed by atoms with Crippen LogP contribution in [0.3, 0.4) is 0 Å². The van der Waals surface area contributed by atoms with Gasteiger partial charge in [0.2, 0.25) is 0 Å². The van der Waals surface area contributed by atoms with Gasteiger partial charge in [0.05, 0.1) is 0 Å². The average molecular weight is 254 g/mol. The van der Waals surface area contributed by atoms with Gasteiger partial charge in [-0.15, -0.1) is 0 Å². The van der Waals surface area contributed by atoms with E-state index in [1.54, 1.807) is 0 Å². The number of nitrogens with one attached hydrogen (secondary N) is 1. The molecule has 2 heteroatoms. The molecule has 3 rings (SSSR count). The van der Waals surface area contributed by atoms with Crippen LogP contribution in [0.15, 0.2) is 36.7 Å². The second-order valence-corrected chi connectivity index (χ2v) is 5.55. The van der Waals surface area contributed by atoms with Gasteiger partial charge in [0.15, 0.2) is 0 Å². The lowest BCUT2D eigenvalue weighted by Gasteiger charge is -2.17. The minimum absolute atomic E-state index is 0.705. The number of fused-ring (bicyclic) bond motifs is 1. The maximum Gasteiger partial charge on any atom is 0.0349 e. The van der Waals surface area contributed by atoms with E-state index in [0.29, 0.717) is 6.04 Å². The van der Waals surface area contributed by atoms with Crippen molar-refractivity contribution < 1.29 is 0 Å². The maximum absolute atomic E-state index is 4.27. The van der Waals surface area contributed by atoms with E-state index >= 15 is 0 Å². The van der Waals surface area contributed by atoms with Gasteiger partial charge in [-0.3, -0.25) is 4.98 Å². The summed E-state index contributed by atoms with van der Waals surface area (Å²) in [6.07, 6.45) is 9.09. The molecule has 2 nitrogen and oxygen atoms in total. The Morgan fingerprint density at radius 3 is 3.00 bits per heavy atom. The number of benzene rings is 1. The maximum atomic E-state index is 4.27. The third-order valence-electron chi connectivity index (χ3n) is 4.16. The first-order chi connectivity index (χ1) is 9.38. The number of aromatic nitrogens is 1. The van der Waals surface area contributed by atoms with Crippen molar-refractivity contribution in [3.63, 3.8) is 0 Å². The van der Waals surface area contributed by atoms with E-state index in [1.165, 1.54) is 35.6 Å². The molecule has 0 aliphatic heterocycles. The third kappa shape index (κ3) is 2.95. The smallest absolute Gasteiger partial charge is 0.0349 e. The highest BCUT2D eigenvalue weighted by molar-refractivity contribution is 5.84. The Labute approximate surface area is 115 Å². The molecule has 1 aromatic heterocycles. The summed E-state index contributed by atoms with van der Waals surface area (Å²) in [6.45, 7) is 3.29. The number of pyridine rings is 1. The van der Waals surface area contributed by atoms with Gasteiger partial charge in [-0.2, -0.15) is 0 Å².